The van der Waals surface area contributed by atoms with Gasteiger partial charge in [0, 0.05) is 75.9 Å². The first-order chi connectivity index (χ1) is 12.7. The molecule has 0 amide bonds. The highest BCUT2D eigenvalue weighted by Gasteiger charge is 2.40. The maximum Gasteiger partial charge on any atom is 0.225 e. The second kappa shape index (κ2) is 9.11. The fraction of sp³-hybridized carbons (Fsp3) is 0.800. The largest absolute Gasteiger partial charge is 0.332 e. The maximum absolute atomic E-state index is 4.72. The van der Waals surface area contributed by atoms with Gasteiger partial charge in [-0.3, -0.25) is 4.90 Å². The summed E-state index contributed by atoms with van der Waals surface area (Å²) >= 11 is 0. The Balaban J connectivity index is 0.000000948. The predicted molar refractivity (Wildman–Crippen MR) is 108 cm³/mol. The maximum atomic E-state index is 4.72. The van der Waals surface area contributed by atoms with Crippen LogP contribution >= 0.6 is 0 Å². The molecule has 0 N–H and O–H groups in total. The van der Waals surface area contributed by atoms with Gasteiger partial charge >= 0.3 is 0 Å². The molecule has 1 aromatic rings. The van der Waals surface area contributed by atoms with E-state index in [1.165, 1.54) is 38.0 Å². The average molecular weight is 361 g/mol. The topological polar surface area (TPSA) is 38.7 Å². The van der Waals surface area contributed by atoms with E-state index < -0.39 is 0 Å². The molecule has 2 atom stereocenters. The highest BCUT2D eigenvalue weighted by Crippen LogP contribution is 2.32. The van der Waals surface area contributed by atoms with Gasteiger partial charge < -0.3 is 14.7 Å². The summed E-state index contributed by atoms with van der Waals surface area (Å²) in [5.74, 6) is 0.940. The van der Waals surface area contributed by atoms with E-state index in [1.807, 2.05) is 26.2 Å². The van der Waals surface area contributed by atoms with E-state index >= 15 is 0 Å². The number of rotatable bonds is 4. The molecule has 146 valence electrons. The molecule has 4 heterocycles. The molecule has 26 heavy (non-hydrogen) atoms. The van der Waals surface area contributed by atoms with Crippen LogP contribution in [0.1, 0.15) is 39.2 Å². The van der Waals surface area contributed by atoms with Crippen molar-refractivity contribution >= 4 is 5.95 Å². The minimum atomic E-state index is 0.599. The molecule has 2 unspecified atom stereocenters. The molecule has 1 aromatic heterocycles. The number of hydrogen-bond donors (Lipinski definition) is 0. The molecule has 6 nitrogen and oxygen atoms in total. The number of likely N-dealkylation sites (N-methyl/N-ethyl adjacent to an activating group) is 2. The summed E-state index contributed by atoms with van der Waals surface area (Å²) in [4.78, 5) is 19.4. The van der Waals surface area contributed by atoms with Crippen molar-refractivity contribution in [3.8, 4) is 0 Å². The van der Waals surface area contributed by atoms with Crippen molar-refractivity contribution in [3.63, 3.8) is 0 Å². The average Bonchev–Trinajstić information content (AvgIpc) is 2.96. The second-order valence-electron chi connectivity index (χ2n) is 7.62. The summed E-state index contributed by atoms with van der Waals surface area (Å²) in [7, 11) is 2.23. The van der Waals surface area contributed by atoms with Crippen LogP contribution in [0.3, 0.4) is 0 Å². The van der Waals surface area contributed by atoms with Crippen LogP contribution in [0.4, 0.5) is 5.95 Å². The lowest BCUT2D eigenvalue weighted by Crippen LogP contribution is -2.53. The van der Waals surface area contributed by atoms with Crippen molar-refractivity contribution in [2.45, 2.75) is 52.2 Å². The third kappa shape index (κ3) is 4.35. The van der Waals surface area contributed by atoms with Gasteiger partial charge in [-0.2, -0.15) is 0 Å². The van der Waals surface area contributed by atoms with Gasteiger partial charge in [0.05, 0.1) is 0 Å². The smallest absolute Gasteiger partial charge is 0.225 e. The predicted octanol–water partition coefficient (Wildman–Crippen LogP) is 1.92. The lowest BCUT2D eigenvalue weighted by atomic mass is 10.2. The van der Waals surface area contributed by atoms with Crippen molar-refractivity contribution in [3.05, 3.63) is 18.0 Å². The summed E-state index contributed by atoms with van der Waals surface area (Å²) in [5, 5.41) is 0. The van der Waals surface area contributed by atoms with Crippen molar-refractivity contribution in [1.29, 1.82) is 0 Å². The highest BCUT2D eigenvalue weighted by molar-refractivity contribution is 5.37. The molecule has 6 heteroatoms. The Morgan fingerprint density at radius 1 is 0.923 bits per heavy atom. The molecule has 0 radical (unpaired) electrons. The summed E-state index contributed by atoms with van der Waals surface area (Å²) in [5.41, 5.74) is 1.24. The molecular weight excluding hydrogens is 324 g/mol. The van der Waals surface area contributed by atoms with Crippen LogP contribution < -0.4 is 4.90 Å². The Morgan fingerprint density at radius 3 is 2.00 bits per heavy atom. The van der Waals surface area contributed by atoms with Crippen LogP contribution in [-0.2, 0) is 6.54 Å². The molecule has 3 aliphatic rings. The summed E-state index contributed by atoms with van der Waals surface area (Å²) in [6.45, 7) is 15.3. The van der Waals surface area contributed by atoms with Crippen LogP contribution in [0.15, 0.2) is 12.4 Å². The first-order valence-electron chi connectivity index (χ1n) is 10.5. The molecular formula is C20H36N6. The van der Waals surface area contributed by atoms with Crippen LogP contribution in [-0.4, -0.2) is 89.6 Å². The van der Waals surface area contributed by atoms with Crippen molar-refractivity contribution in [1.82, 2.24) is 24.7 Å². The van der Waals surface area contributed by atoms with Gasteiger partial charge in [-0.05, 0) is 26.4 Å². The number of hydrogen-bond acceptors (Lipinski definition) is 6. The van der Waals surface area contributed by atoms with E-state index in [1.54, 1.807) is 0 Å². The molecule has 4 rings (SSSR count). The van der Waals surface area contributed by atoms with E-state index in [2.05, 4.69) is 33.6 Å². The SMILES string of the molecule is CC.CCN1CCN(Cc2cnc(N3C4CCC3CN(C)C4)nc2)CC1. The Hall–Kier alpha value is -1.24. The lowest BCUT2D eigenvalue weighted by Gasteiger charge is -2.39. The van der Waals surface area contributed by atoms with Crippen LogP contribution in [0.5, 0.6) is 0 Å². The van der Waals surface area contributed by atoms with Gasteiger partial charge in [0.15, 0.2) is 0 Å². The van der Waals surface area contributed by atoms with E-state index in [4.69, 9.17) is 9.97 Å². The Labute approximate surface area is 159 Å². The van der Waals surface area contributed by atoms with E-state index in [0.717, 1.165) is 38.7 Å². The van der Waals surface area contributed by atoms with Crippen LogP contribution in [0, 0.1) is 0 Å². The van der Waals surface area contributed by atoms with Crippen LogP contribution in [0.2, 0.25) is 0 Å². The molecule has 3 saturated heterocycles. The number of piperazine rings is 2. The summed E-state index contributed by atoms with van der Waals surface area (Å²) in [6, 6.07) is 1.20. The first kappa shape index (κ1) is 19.5. The Bertz CT molecular complexity index is 526. The third-order valence-electron chi connectivity index (χ3n) is 5.91. The summed E-state index contributed by atoms with van der Waals surface area (Å²) < 4.78 is 0. The standard InChI is InChI=1S/C18H30N6.C2H6/c1-3-22-6-8-23(9-7-22)12-15-10-19-18(20-11-15)24-16-4-5-17(24)14-21(2)13-16;1-2/h10-11,16-17H,3-9,12-14H2,1-2H3;1-2H3. The van der Waals surface area contributed by atoms with E-state index in [9.17, 15) is 0 Å². The molecule has 0 aromatic carbocycles. The number of fused-ring (bicyclic) bond motifs is 2. The normalized spacial score (nSPS) is 27.3. The number of nitrogens with zero attached hydrogens (tertiary/aromatic N) is 6. The van der Waals surface area contributed by atoms with Gasteiger partial charge in [-0.1, -0.05) is 20.8 Å². The fourth-order valence-corrected chi connectivity index (χ4v) is 4.53. The van der Waals surface area contributed by atoms with Crippen LogP contribution in [0.25, 0.3) is 0 Å². The van der Waals surface area contributed by atoms with Gasteiger partial charge in [-0.15, -0.1) is 0 Å². The quantitative estimate of drug-likeness (QED) is 0.817. The lowest BCUT2D eigenvalue weighted by molar-refractivity contribution is 0.131. The zero-order valence-electron chi connectivity index (χ0n) is 17.1. The van der Waals surface area contributed by atoms with Gasteiger partial charge in [0.25, 0.3) is 0 Å². The molecule has 3 aliphatic heterocycles. The highest BCUT2D eigenvalue weighted by atomic mass is 15.4. The van der Waals surface area contributed by atoms with Gasteiger partial charge in [0.1, 0.15) is 0 Å². The van der Waals surface area contributed by atoms with E-state index in [-0.39, 0.29) is 0 Å². The fourth-order valence-electron chi connectivity index (χ4n) is 4.53. The zero-order chi connectivity index (χ0) is 18.5. The van der Waals surface area contributed by atoms with Gasteiger partial charge in [-0.25, -0.2) is 9.97 Å². The second-order valence-corrected chi connectivity index (χ2v) is 7.62. The zero-order valence-corrected chi connectivity index (χ0v) is 17.1. The number of likely N-dealkylation sites (tertiary alicyclic amines) is 1. The number of aromatic nitrogens is 2. The minimum absolute atomic E-state index is 0.599. The van der Waals surface area contributed by atoms with Crippen molar-refractivity contribution in [2.24, 2.45) is 0 Å². The van der Waals surface area contributed by atoms with E-state index in [0.29, 0.717) is 12.1 Å². The van der Waals surface area contributed by atoms with Gasteiger partial charge in [0.2, 0.25) is 5.95 Å². The summed E-state index contributed by atoms with van der Waals surface area (Å²) in [6.07, 6.45) is 6.65. The molecule has 3 fully saturated rings. The molecule has 0 saturated carbocycles. The monoisotopic (exact) mass is 360 g/mol. The third-order valence-corrected chi connectivity index (χ3v) is 5.91. The van der Waals surface area contributed by atoms with Crippen molar-refractivity contribution in [2.75, 3.05) is 57.8 Å². The van der Waals surface area contributed by atoms with Crippen molar-refractivity contribution < 1.29 is 0 Å². The molecule has 2 bridgehead atoms. The number of anilines is 1. The Kier molecular flexibility index (Phi) is 6.84. The molecule has 0 aliphatic carbocycles. The Morgan fingerprint density at radius 2 is 1.46 bits per heavy atom. The molecule has 0 spiro atoms. The minimum Gasteiger partial charge on any atom is -0.332 e. The first-order valence-corrected chi connectivity index (χ1v) is 10.5.